The lowest BCUT2D eigenvalue weighted by molar-refractivity contribution is 0.449. The van der Waals surface area contributed by atoms with E-state index in [4.69, 9.17) is 9.47 Å². The minimum Gasteiger partial charge on any atom is -0.457 e. The predicted octanol–water partition coefficient (Wildman–Crippen LogP) is 8.32. The van der Waals surface area contributed by atoms with E-state index >= 15 is 0 Å². The van der Waals surface area contributed by atoms with Crippen LogP contribution in [0.25, 0.3) is 5.69 Å². The SMILES string of the molecule is c1ccc(N(c2ccccc2)c2cc(Oc3cccc(-n4cccn4)c3)cc(Oc3ccccn3)c2)cc1. The Morgan fingerprint density at radius 2 is 1.24 bits per heavy atom. The Hall–Kier alpha value is -5.36. The van der Waals surface area contributed by atoms with Gasteiger partial charge in [-0.05, 0) is 48.5 Å². The summed E-state index contributed by atoms with van der Waals surface area (Å²) in [6.45, 7) is 0. The molecule has 6 heteroatoms. The maximum Gasteiger partial charge on any atom is 0.219 e. The van der Waals surface area contributed by atoms with Gasteiger partial charge in [-0.1, -0.05) is 48.5 Å². The largest absolute Gasteiger partial charge is 0.457 e. The summed E-state index contributed by atoms with van der Waals surface area (Å²) in [6.07, 6.45) is 5.35. The highest BCUT2D eigenvalue weighted by molar-refractivity contribution is 5.78. The summed E-state index contributed by atoms with van der Waals surface area (Å²) in [5, 5.41) is 4.33. The number of rotatable bonds is 8. The van der Waals surface area contributed by atoms with Gasteiger partial charge in [0.25, 0.3) is 0 Å². The Morgan fingerprint density at radius 3 is 1.89 bits per heavy atom. The number of benzene rings is 4. The lowest BCUT2D eigenvalue weighted by atomic mass is 10.1. The number of nitrogens with zero attached hydrogens (tertiary/aromatic N) is 4. The van der Waals surface area contributed by atoms with E-state index < -0.39 is 0 Å². The van der Waals surface area contributed by atoms with Crippen LogP contribution >= 0.6 is 0 Å². The standard InChI is InChI=1S/C32H24N4O2/c1-3-11-25(12-4-1)36(26-13-5-2-6-14-26)28-22-30(24-31(23-28)38-32-17-7-8-18-33-32)37-29-16-9-15-27(21-29)35-20-10-19-34-35/h1-24H. The molecule has 0 aliphatic heterocycles. The average molecular weight is 497 g/mol. The van der Waals surface area contributed by atoms with Crippen molar-refractivity contribution >= 4 is 17.1 Å². The van der Waals surface area contributed by atoms with Crippen molar-refractivity contribution in [3.8, 4) is 28.8 Å². The monoisotopic (exact) mass is 496 g/mol. The minimum absolute atomic E-state index is 0.502. The topological polar surface area (TPSA) is 52.4 Å². The highest BCUT2D eigenvalue weighted by Gasteiger charge is 2.16. The van der Waals surface area contributed by atoms with E-state index in [1.807, 2.05) is 109 Å². The number of hydrogen-bond acceptors (Lipinski definition) is 5. The molecule has 6 nitrogen and oxygen atoms in total. The second kappa shape index (κ2) is 10.7. The van der Waals surface area contributed by atoms with Gasteiger partial charge in [-0.25, -0.2) is 9.67 Å². The van der Waals surface area contributed by atoms with Crippen LogP contribution in [0.1, 0.15) is 0 Å². The molecule has 0 aliphatic rings. The summed E-state index contributed by atoms with van der Waals surface area (Å²) >= 11 is 0. The normalized spacial score (nSPS) is 10.6. The van der Waals surface area contributed by atoms with E-state index in [0.29, 0.717) is 23.1 Å². The van der Waals surface area contributed by atoms with Crippen LogP contribution in [-0.2, 0) is 0 Å². The molecule has 0 spiro atoms. The maximum atomic E-state index is 6.39. The maximum absolute atomic E-state index is 6.39. The first-order valence-electron chi connectivity index (χ1n) is 12.2. The summed E-state index contributed by atoms with van der Waals surface area (Å²) in [6, 6.07) is 41.6. The summed E-state index contributed by atoms with van der Waals surface area (Å²) in [7, 11) is 0. The molecule has 184 valence electrons. The molecule has 0 atom stereocenters. The quantitative estimate of drug-likeness (QED) is 0.212. The molecule has 0 amide bonds. The Morgan fingerprint density at radius 1 is 0.526 bits per heavy atom. The molecule has 2 heterocycles. The Labute approximate surface area is 221 Å². The second-order valence-electron chi connectivity index (χ2n) is 8.49. The molecule has 0 N–H and O–H groups in total. The van der Waals surface area contributed by atoms with Gasteiger partial charge in [0.05, 0.1) is 11.4 Å². The van der Waals surface area contributed by atoms with Crippen molar-refractivity contribution in [1.82, 2.24) is 14.8 Å². The number of pyridine rings is 1. The average Bonchev–Trinajstić information content (AvgIpc) is 3.51. The molecule has 2 aromatic heterocycles. The molecule has 0 aliphatic carbocycles. The first kappa shape index (κ1) is 23.1. The molecule has 38 heavy (non-hydrogen) atoms. The van der Waals surface area contributed by atoms with Gasteiger partial charge >= 0.3 is 0 Å². The van der Waals surface area contributed by atoms with Crippen molar-refractivity contribution in [3.63, 3.8) is 0 Å². The zero-order chi connectivity index (χ0) is 25.6. The van der Waals surface area contributed by atoms with Gasteiger partial charge in [0, 0.05) is 60.3 Å². The number of aromatic nitrogens is 3. The highest BCUT2D eigenvalue weighted by Crippen LogP contribution is 2.40. The molecular weight excluding hydrogens is 472 g/mol. The van der Waals surface area contributed by atoms with Crippen LogP contribution in [0.4, 0.5) is 17.1 Å². The molecule has 0 saturated heterocycles. The van der Waals surface area contributed by atoms with Gasteiger partial charge in [-0.3, -0.25) is 0 Å². The van der Waals surface area contributed by atoms with Crippen LogP contribution in [0.5, 0.6) is 23.1 Å². The van der Waals surface area contributed by atoms with Crippen LogP contribution in [0.2, 0.25) is 0 Å². The summed E-state index contributed by atoms with van der Waals surface area (Å²) in [5.41, 5.74) is 3.82. The van der Waals surface area contributed by atoms with E-state index in [-0.39, 0.29) is 0 Å². The zero-order valence-corrected chi connectivity index (χ0v) is 20.5. The highest BCUT2D eigenvalue weighted by atomic mass is 16.5. The number of anilines is 3. The molecule has 4 aromatic carbocycles. The first-order valence-corrected chi connectivity index (χ1v) is 12.2. The first-order chi connectivity index (χ1) is 18.8. The van der Waals surface area contributed by atoms with Gasteiger partial charge in [-0.15, -0.1) is 0 Å². The van der Waals surface area contributed by atoms with E-state index in [1.54, 1.807) is 17.1 Å². The fourth-order valence-corrected chi connectivity index (χ4v) is 4.18. The number of para-hydroxylation sites is 2. The molecule has 0 fully saturated rings. The Bertz CT molecular complexity index is 1570. The third-order valence-corrected chi connectivity index (χ3v) is 5.83. The molecule has 6 rings (SSSR count). The Kier molecular flexibility index (Phi) is 6.51. The van der Waals surface area contributed by atoms with Crippen LogP contribution in [0.15, 0.2) is 146 Å². The van der Waals surface area contributed by atoms with Crippen molar-refractivity contribution in [3.05, 3.63) is 146 Å². The van der Waals surface area contributed by atoms with Crippen molar-refractivity contribution in [2.45, 2.75) is 0 Å². The van der Waals surface area contributed by atoms with Gasteiger partial charge in [-0.2, -0.15) is 5.10 Å². The van der Waals surface area contributed by atoms with Crippen molar-refractivity contribution in [1.29, 1.82) is 0 Å². The van der Waals surface area contributed by atoms with Crippen molar-refractivity contribution in [2.75, 3.05) is 4.90 Å². The van der Waals surface area contributed by atoms with E-state index in [9.17, 15) is 0 Å². The van der Waals surface area contributed by atoms with Crippen LogP contribution in [-0.4, -0.2) is 14.8 Å². The zero-order valence-electron chi connectivity index (χ0n) is 20.5. The van der Waals surface area contributed by atoms with Gasteiger partial charge in [0.2, 0.25) is 5.88 Å². The predicted molar refractivity (Wildman–Crippen MR) is 149 cm³/mol. The number of hydrogen-bond donors (Lipinski definition) is 0. The molecule has 0 bridgehead atoms. The lowest BCUT2D eigenvalue weighted by Crippen LogP contribution is -2.10. The lowest BCUT2D eigenvalue weighted by Gasteiger charge is -2.26. The Balaban J connectivity index is 1.43. The van der Waals surface area contributed by atoms with Gasteiger partial charge in [0.15, 0.2) is 0 Å². The summed E-state index contributed by atoms with van der Waals surface area (Å²) in [5.74, 6) is 2.42. The van der Waals surface area contributed by atoms with E-state index in [1.165, 1.54) is 0 Å². The molecule has 0 radical (unpaired) electrons. The molecular formula is C32H24N4O2. The third kappa shape index (κ3) is 5.24. The molecule has 6 aromatic rings. The summed E-state index contributed by atoms with van der Waals surface area (Å²) in [4.78, 5) is 6.50. The number of ether oxygens (including phenoxy) is 2. The van der Waals surface area contributed by atoms with Crippen molar-refractivity contribution in [2.24, 2.45) is 0 Å². The van der Waals surface area contributed by atoms with Crippen LogP contribution < -0.4 is 14.4 Å². The second-order valence-corrected chi connectivity index (χ2v) is 8.49. The van der Waals surface area contributed by atoms with Gasteiger partial charge in [0.1, 0.15) is 17.2 Å². The molecule has 0 saturated carbocycles. The fraction of sp³-hybridized carbons (Fsp3) is 0. The third-order valence-electron chi connectivity index (χ3n) is 5.83. The smallest absolute Gasteiger partial charge is 0.219 e. The van der Waals surface area contributed by atoms with Crippen LogP contribution in [0, 0.1) is 0 Å². The fourth-order valence-electron chi connectivity index (χ4n) is 4.18. The minimum atomic E-state index is 0.502. The van der Waals surface area contributed by atoms with E-state index in [0.717, 1.165) is 22.7 Å². The van der Waals surface area contributed by atoms with Crippen LogP contribution in [0.3, 0.4) is 0 Å². The van der Waals surface area contributed by atoms with E-state index in [2.05, 4.69) is 39.2 Å². The van der Waals surface area contributed by atoms with Crippen molar-refractivity contribution < 1.29 is 9.47 Å². The molecule has 0 unspecified atom stereocenters. The van der Waals surface area contributed by atoms with Gasteiger partial charge < -0.3 is 14.4 Å². The summed E-state index contributed by atoms with van der Waals surface area (Å²) < 4.78 is 14.4.